The fourth-order valence-electron chi connectivity index (χ4n) is 1.64. The molecule has 1 heterocycles. The van der Waals surface area contributed by atoms with Crippen molar-refractivity contribution in [2.75, 3.05) is 11.9 Å². The van der Waals surface area contributed by atoms with Crippen LogP contribution in [0.25, 0.3) is 0 Å². The minimum Gasteiger partial charge on any atom is -0.354 e. The van der Waals surface area contributed by atoms with Gasteiger partial charge in [0.1, 0.15) is 5.82 Å². The van der Waals surface area contributed by atoms with E-state index < -0.39 is 5.82 Å². The number of nitrogens with zero attached hydrogens (tertiary/aromatic N) is 1. The first-order chi connectivity index (χ1) is 10.1. The van der Waals surface area contributed by atoms with E-state index in [-0.39, 0.29) is 10.9 Å². The summed E-state index contributed by atoms with van der Waals surface area (Å²) in [5.41, 5.74) is 1.62. The molecule has 0 bridgehead atoms. The minimum atomic E-state index is -0.488. The van der Waals surface area contributed by atoms with E-state index in [0.29, 0.717) is 23.5 Å². The number of carbonyl (C=O) groups is 1. The maximum atomic E-state index is 13.1. The van der Waals surface area contributed by atoms with Crippen molar-refractivity contribution in [2.45, 2.75) is 0 Å². The number of hydrogen-bond acceptors (Lipinski definition) is 3. The van der Waals surface area contributed by atoms with Gasteiger partial charge >= 0.3 is 0 Å². The maximum Gasteiger partial charge on any atom is 0.253 e. The first kappa shape index (κ1) is 15.0. The molecule has 0 aliphatic rings. The van der Waals surface area contributed by atoms with Crippen molar-refractivity contribution in [1.29, 1.82) is 0 Å². The number of amides is 1. The van der Waals surface area contributed by atoms with Crippen molar-refractivity contribution in [1.82, 2.24) is 10.3 Å². The van der Waals surface area contributed by atoms with Crippen molar-refractivity contribution in [3.8, 4) is 0 Å². The highest BCUT2D eigenvalue weighted by Crippen LogP contribution is 2.22. The Bertz CT molecular complexity index is 676. The number of halogens is 2. The summed E-state index contributed by atoms with van der Waals surface area (Å²) in [7, 11) is 0. The number of aromatic nitrogens is 1. The Kier molecular flexibility index (Phi) is 4.90. The minimum absolute atomic E-state index is 0.0211. The summed E-state index contributed by atoms with van der Waals surface area (Å²) < 4.78 is 13.1. The quantitative estimate of drug-likeness (QED) is 0.831. The Morgan fingerprint density at radius 2 is 2.14 bits per heavy atom. The van der Waals surface area contributed by atoms with E-state index in [9.17, 15) is 9.18 Å². The Morgan fingerprint density at radius 1 is 1.33 bits per heavy atom. The highest BCUT2D eigenvalue weighted by molar-refractivity contribution is 6.31. The molecule has 0 fully saturated rings. The zero-order valence-electron chi connectivity index (χ0n) is 11.1. The van der Waals surface area contributed by atoms with Gasteiger partial charge in [-0.3, -0.25) is 9.78 Å². The Hall–Kier alpha value is -2.40. The average Bonchev–Trinajstić information content (AvgIpc) is 2.49. The molecule has 6 heteroatoms. The van der Waals surface area contributed by atoms with Gasteiger partial charge in [-0.1, -0.05) is 17.7 Å². The lowest BCUT2D eigenvalue weighted by Crippen LogP contribution is -2.23. The predicted molar refractivity (Wildman–Crippen MR) is 81.5 cm³/mol. The van der Waals surface area contributed by atoms with E-state index in [1.807, 2.05) is 0 Å². The Morgan fingerprint density at radius 3 is 2.86 bits per heavy atom. The summed E-state index contributed by atoms with van der Waals surface area (Å²) in [5, 5.41) is 5.69. The van der Waals surface area contributed by atoms with Crippen molar-refractivity contribution in [3.63, 3.8) is 0 Å². The van der Waals surface area contributed by atoms with Crippen LogP contribution in [-0.2, 0) is 0 Å². The number of rotatable bonds is 5. The molecule has 1 amide bonds. The molecular weight excluding hydrogens is 293 g/mol. The molecule has 0 aliphatic carbocycles. The second-order valence-corrected chi connectivity index (χ2v) is 4.62. The number of carbonyl (C=O) groups excluding carboxylic acids is 1. The van der Waals surface area contributed by atoms with Gasteiger partial charge in [-0.25, -0.2) is 4.39 Å². The molecule has 2 N–H and O–H groups in total. The topological polar surface area (TPSA) is 54.0 Å². The summed E-state index contributed by atoms with van der Waals surface area (Å²) in [6.45, 7) is 3.91. The standard InChI is InChI=1S/C15H13ClFN3O/c1-2-5-19-15(21)10-6-12(9-18-8-10)20-11-3-4-14(17)13(16)7-11/h2-4,6-9,20H,1,5H2,(H,19,21). The van der Waals surface area contributed by atoms with Crippen LogP contribution in [0, 0.1) is 5.82 Å². The highest BCUT2D eigenvalue weighted by atomic mass is 35.5. The van der Waals surface area contributed by atoms with Crippen LogP contribution >= 0.6 is 11.6 Å². The summed E-state index contributed by atoms with van der Waals surface area (Å²) >= 11 is 5.71. The van der Waals surface area contributed by atoms with E-state index in [2.05, 4.69) is 22.2 Å². The van der Waals surface area contributed by atoms with Crippen LogP contribution in [0.1, 0.15) is 10.4 Å². The fraction of sp³-hybridized carbons (Fsp3) is 0.0667. The van der Waals surface area contributed by atoms with Gasteiger partial charge in [0, 0.05) is 18.4 Å². The zero-order valence-corrected chi connectivity index (χ0v) is 11.8. The molecule has 21 heavy (non-hydrogen) atoms. The maximum absolute atomic E-state index is 13.1. The normalized spacial score (nSPS) is 10.0. The Balaban J connectivity index is 2.15. The molecule has 2 rings (SSSR count). The van der Waals surface area contributed by atoms with Crippen LogP contribution in [0.2, 0.25) is 5.02 Å². The second-order valence-electron chi connectivity index (χ2n) is 4.21. The molecular formula is C15H13ClFN3O. The number of anilines is 2. The molecule has 4 nitrogen and oxygen atoms in total. The smallest absolute Gasteiger partial charge is 0.253 e. The van der Waals surface area contributed by atoms with Crippen LogP contribution in [-0.4, -0.2) is 17.4 Å². The van der Waals surface area contributed by atoms with Crippen molar-refractivity contribution in [3.05, 3.63) is 65.7 Å². The van der Waals surface area contributed by atoms with Gasteiger partial charge in [0.25, 0.3) is 5.91 Å². The first-order valence-corrected chi connectivity index (χ1v) is 6.54. The zero-order chi connectivity index (χ0) is 15.2. The molecule has 1 aromatic carbocycles. The summed E-state index contributed by atoms with van der Waals surface area (Å²) in [6, 6.07) is 5.91. The monoisotopic (exact) mass is 305 g/mol. The van der Waals surface area contributed by atoms with Crippen LogP contribution in [0.15, 0.2) is 49.3 Å². The van der Waals surface area contributed by atoms with Gasteiger partial charge in [-0.15, -0.1) is 6.58 Å². The fourth-order valence-corrected chi connectivity index (χ4v) is 1.82. The van der Waals surface area contributed by atoms with Gasteiger partial charge in [-0.2, -0.15) is 0 Å². The molecule has 108 valence electrons. The number of nitrogens with one attached hydrogen (secondary N) is 2. The van der Waals surface area contributed by atoms with Gasteiger partial charge in [-0.05, 0) is 24.3 Å². The van der Waals surface area contributed by atoms with E-state index in [4.69, 9.17) is 11.6 Å². The SMILES string of the molecule is C=CCNC(=O)c1cncc(Nc2ccc(F)c(Cl)c2)c1. The third kappa shape index (κ3) is 4.03. The van der Waals surface area contributed by atoms with E-state index in [1.165, 1.54) is 18.3 Å². The van der Waals surface area contributed by atoms with Crippen molar-refractivity contribution in [2.24, 2.45) is 0 Å². The second kappa shape index (κ2) is 6.85. The van der Waals surface area contributed by atoms with Crippen LogP contribution < -0.4 is 10.6 Å². The molecule has 0 saturated heterocycles. The molecule has 0 aliphatic heterocycles. The van der Waals surface area contributed by atoms with Gasteiger partial charge in [0.05, 0.1) is 22.5 Å². The lowest BCUT2D eigenvalue weighted by molar-refractivity contribution is 0.0957. The molecule has 0 unspecified atom stereocenters. The third-order valence-corrected chi connectivity index (χ3v) is 2.91. The number of benzene rings is 1. The van der Waals surface area contributed by atoms with Gasteiger partial charge in [0.2, 0.25) is 0 Å². The van der Waals surface area contributed by atoms with Gasteiger partial charge < -0.3 is 10.6 Å². The summed E-state index contributed by atoms with van der Waals surface area (Å²) in [4.78, 5) is 15.8. The van der Waals surface area contributed by atoms with Gasteiger partial charge in [0.15, 0.2) is 0 Å². The van der Waals surface area contributed by atoms with E-state index >= 15 is 0 Å². The molecule has 2 aromatic rings. The van der Waals surface area contributed by atoms with Crippen molar-refractivity contribution >= 4 is 28.9 Å². The predicted octanol–water partition coefficient (Wildman–Crippen LogP) is 3.53. The summed E-state index contributed by atoms with van der Waals surface area (Å²) in [5.74, 6) is -0.735. The molecule has 0 saturated carbocycles. The lowest BCUT2D eigenvalue weighted by Gasteiger charge is -2.08. The van der Waals surface area contributed by atoms with E-state index in [1.54, 1.807) is 24.4 Å². The van der Waals surface area contributed by atoms with Crippen LogP contribution in [0.4, 0.5) is 15.8 Å². The van der Waals surface area contributed by atoms with E-state index in [0.717, 1.165) is 0 Å². The number of pyridine rings is 1. The number of hydrogen-bond donors (Lipinski definition) is 2. The average molecular weight is 306 g/mol. The first-order valence-electron chi connectivity index (χ1n) is 6.16. The molecule has 1 aromatic heterocycles. The van der Waals surface area contributed by atoms with Crippen LogP contribution in [0.5, 0.6) is 0 Å². The lowest BCUT2D eigenvalue weighted by atomic mass is 10.2. The molecule has 0 spiro atoms. The molecule has 0 radical (unpaired) electrons. The summed E-state index contributed by atoms with van der Waals surface area (Å²) in [6.07, 6.45) is 4.61. The third-order valence-electron chi connectivity index (χ3n) is 2.62. The molecule has 0 atom stereocenters. The van der Waals surface area contributed by atoms with Crippen molar-refractivity contribution < 1.29 is 9.18 Å². The highest BCUT2D eigenvalue weighted by Gasteiger charge is 2.07. The Labute approximate surface area is 126 Å². The van der Waals surface area contributed by atoms with Crippen LogP contribution in [0.3, 0.4) is 0 Å². The largest absolute Gasteiger partial charge is 0.354 e.